The fourth-order valence-corrected chi connectivity index (χ4v) is 2.89. The summed E-state index contributed by atoms with van der Waals surface area (Å²) in [5.41, 5.74) is -0.121. The van der Waals surface area contributed by atoms with Crippen LogP contribution in [0, 0.1) is 10.1 Å². The summed E-state index contributed by atoms with van der Waals surface area (Å²) in [4.78, 5) is 9.96. The first-order valence-corrected chi connectivity index (χ1v) is 6.58. The van der Waals surface area contributed by atoms with Gasteiger partial charge in [0, 0.05) is 24.0 Å². The summed E-state index contributed by atoms with van der Waals surface area (Å²) in [5.74, 6) is 0.151. The van der Waals surface area contributed by atoms with Crippen molar-refractivity contribution in [2.45, 2.75) is 11.5 Å². The average molecular weight is 259 g/mol. The molecule has 0 aliphatic carbocycles. The number of aliphatic hydroxyl groups excluding tert-OH is 1. The summed E-state index contributed by atoms with van der Waals surface area (Å²) < 4.78 is 27.9. The molecule has 0 saturated heterocycles. The quantitative estimate of drug-likeness (QED) is 0.608. The molecule has 1 aliphatic rings. The van der Waals surface area contributed by atoms with Crippen LogP contribution < -0.4 is 4.74 Å². The molecular formula is C9H9NO6S. The van der Waals surface area contributed by atoms with Gasteiger partial charge in [0.1, 0.15) is 5.75 Å². The van der Waals surface area contributed by atoms with Crippen molar-refractivity contribution in [1.29, 1.82) is 0 Å². The summed E-state index contributed by atoms with van der Waals surface area (Å²) in [6.07, 6.45) is -0.583. The van der Waals surface area contributed by atoms with Crippen molar-refractivity contribution in [3.63, 3.8) is 0 Å². The number of hydrogen-bond donors (Lipinski definition) is 1. The summed E-state index contributed by atoms with van der Waals surface area (Å²) in [5, 5.41) is 18.8. The van der Waals surface area contributed by atoms with Crippen LogP contribution in [0.5, 0.6) is 5.75 Å². The molecule has 17 heavy (non-hydrogen) atoms. The predicted molar refractivity (Wildman–Crippen MR) is 57.3 cm³/mol. The van der Waals surface area contributed by atoms with Crippen LogP contribution in [0.2, 0.25) is 0 Å². The zero-order chi connectivity index (χ0) is 12.8. The van der Waals surface area contributed by atoms with Crippen molar-refractivity contribution in [2.24, 2.45) is 0 Å². The number of aliphatic hydroxyl groups is 1. The molecule has 1 aromatic carbocycles. The van der Waals surface area contributed by atoms with E-state index in [1.807, 2.05) is 0 Å². The minimum absolute atomic E-state index is 0.120. The van der Waals surface area contributed by atoms with Gasteiger partial charge in [-0.3, -0.25) is 10.1 Å². The second kappa shape index (κ2) is 3.67. The minimum atomic E-state index is -3.61. The largest absolute Gasteiger partial charge is 0.463 e. The lowest BCUT2D eigenvalue weighted by molar-refractivity contribution is -0.384. The second-order valence-electron chi connectivity index (χ2n) is 3.74. The van der Waals surface area contributed by atoms with Gasteiger partial charge in [-0.1, -0.05) is 0 Å². The molecule has 0 bridgehead atoms. The number of benzene rings is 1. The number of rotatable bonds is 2. The lowest BCUT2D eigenvalue weighted by Crippen LogP contribution is -2.24. The number of nitro groups is 1. The number of non-ortho nitro benzene ring substituents is 1. The molecule has 1 N–H and O–H groups in total. The Balaban J connectivity index is 2.58. The smallest absolute Gasteiger partial charge is 0.270 e. The molecule has 0 amide bonds. The Morgan fingerprint density at radius 1 is 1.47 bits per heavy atom. The molecule has 0 unspecified atom stereocenters. The van der Waals surface area contributed by atoms with Crippen molar-refractivity contribution >= 4 is 15.5 Å². The third kappa shape index (κ3) is 1.96. The monoisotopic (exact) mass is 259 g/mol. The molecule has 1 aromatic rings. The fraction of sp³-hybridized carbons (Fsp3) is 0.333. The van der Waals surface area contributed by atoms with Crippen LogP contribution in [-0.2, 0) is 9.84 Å². The Morgan fingerprint density at radius 3 is 2.65 bits per heavy atom. The molecule has 0 spiro atoms. The van der Waals surface area contributed by atoms with E-state index in [-0.39, 0.29) is 17.0 Å². The first-order valence-electron chi connectivity index (χ1n) is 4.62. The SMILES string of the molecule is CS(=O)(=O)[C@H]1c2cc([N+](=O)[O-])ccc2O[C@H]1O. The van der Waals surface area contributed by atoms with E-state index in [0.717, 1.165) is 12.3 Å². The lowest BCUT2D eigenvalue weighted by atomic mass is 10.1. The molecule has 7 nitrogen and oxygen atoms in total. The zero-order valence-corrected chi connectivity index (χ0v) is 9.55. The van der Waals surface area contributed by atoms with E-state index >= 15 is 0 Å². The maximum Gasteiger partial charge on any atom is 0.270 e. The van der Waals surface area contributed by atoms with Crippen LogP contribution in [0.15, 0.2) is 18.2 Å². The van der Waals surface area contributed by atoms with Gasteiger partial charge in [-0.15, -0.1) is 0 Å². The van der Waals surface area contributed by atoms with E-state index in [2.05, 4.69) is 0 Å². The van der Waals surface area contributed by atoms with Gasteiger partial charge >= 0.3 is 0 Å². The maximum atomic E-state index is 11.5. The van der Waals surface area contributed by atoms with Gasteiger partial charge in [-0.05, 0) is 6.07 Å². The van der Waals surface area contributed by atoms with Crippen LogP contribution >= 0.6 is 0 Å². The average Bonchev–Trinajstić information content (AvgIpc) is 2.51. The van der Waals surface area contributed by atoms with Crippen LogP contribution in [-0.4, -0.2) is 31.0 Å². The first-order chi connectivity index (χ1) is 7.80. The van der Waals surface area contributed by atoms with Gasteiger partial charge in [0.05, 0.1) is 4.92 Å². The van der Waals surface area contributed by atoms with Crippen LogP contribution in [0.4, 0.5) is 5.69 Å². The molecule has 0 aromatic heterocycles. The van der Waals surface area contributed by atoms with E-state index in [9.17, 15) is 23.6 Å². The highest BCUT2D eigenvalue weighted by Gasteiger charge is 2.41. The molecule has 1 heterocycles. The van der Waals surface area contributed by atoms with Gasteiger partial charge < -0.3 is 9.84 Å². The molecule has 0 radical (unpaired) electrons. The summed E-state index contributed by atoms with van der Waals surface area (Å²) >= 11 is 0. The standard InChI is InChI=1S/C9H9NO6S/c1-17(14,15)8-6-4-5(10(12)13)2-3-7(6)16-9(8)11/h2-4,8-9,11H,1H3/t8-,9+/m0/s1. The number of hydrogen-bond acceptors (Lipinski definition) is 6. The van der Waals surface area contributed by atoms with Gasteiger partial charge in [-0.25, -0.2) is 8.42 Å². The van der Waals surface area contributed by atoms with E-state index in [1.165, 1.54) is 12.1 Å². The normalized spacial score (nSPS) is 22.9. The summed E-state index contributed by atoms with van der Waals surface area (Å²) in [6, 6.07) is 3.58. The van der Waals surface area contributed by atoms with E-state index < -0.39 is 26.3 Å². The Morgan fingerprint density at radius 2 is 2.12 bits per heavy atom. The van der Waals surface area contributed by atoms with Crippen molar-refractivity contribution in [2.75, 3.05) is 6.26 Å². The molecule has 92 valence electrons. The highest BCUT2D eigenvalue weighted by molar-refractivity contribution is 7.91. The summed E-state index contributed by atoms with van der Waals surface area (Å²) in [6.45, 7) is 0. The number of nitro benzene ring substituents is 1. The molecule has 1 aliphatic heterocycles. The van der Waals surface area contributed by atoms with Gasteiger partial charge in [0.2, 0.25) is 6.29 Å². The van der Waals surface area contributed by atoms with E-state index in [1.54, 1.807) is 0 Å². The van der Waals surface area contributed by atoms with Gasteiger partial charge in [0.15, 0.2) is 15.1 Å². The predicted octanol–water partition coefficient (Wildman–Crippen LogP) is 0.391. The van der Waals surface area contributed by atoms with Gasteiger partial charge in [0.25, 0.3) is 5.69 Å². The van der Waals surface area contributed by atoms with E-state index in [0.29, 0.717) is 0 Å². The Kier molecular flexibility index (Phi) is 2.55. The Labute approximate surface area is 96.7 Å². The molecule has 2 atom stereocenters. The number of nitrogens with zero attached hydrogens (tertiary/aromatic N) is 1. The first kappa shape index (κ1) is 11.8. The number of fused-ring (bicyclic) bond motifs is 1. The number of ether oxygens (including phenoxy) is 1. The molecule has 8 heteroatoms. The third-order valence-corrected chi connectivity index (χ3v) is 3.89. The van der Waals surface area contributed by atoms with Crippen molar-refractivity contribution < 1.29 is 23.2 Å². The molecular weight excluding hydrogens is 250 g/mol. The fourth-order valence-electron chi connectivity index (χ4n) is 1.77. The third-order valence-electron chi connectivity index (χ3n) is 2.48. The molecule has 0 saturated carbocycles. The highest BCUT2D eigenvalue weighted by Crippen LogP contribution is 2.41. The molecule has 0 fully saturated rings. The van der Waals surface area contributed by atoms with E-state index in [4.69, 9.17) is 4.74 Å². The topological polar surface area (TPSA) is 107 Å². The van der Waals surface area contributed by atoms with Gasteiger partial charge in [-0.2, -0.15) is 0 Å². The van der Waals surface area contributed by atoms with Crippen molar-refractivity contribution in [1.82, 2.24) is 0 Å². The summed E-state index contributed by atoms with van der Waals surface area (Å²) in [7, 11) is -3.61. The second-order valence-corrected chi connectivity index (χ2v) is 5.90. The van der Waals surface area contributed by atoms with Crippen molar-refractivity contribution in [3.8, 4) is 5.75 Å². The van der Waals surface area contributed by atoms with Crippen LogP contribution in [0.3, 0.4) is 0 Å². The Bertz CT molecular complexity index is 581. The molecule has 2 rings (SSSR count). The zero-order valence-electron chi connectivity index (χ0n) is 8.73. The number of sulfone groups is 1. The lowest BCUT2D eigenvalue weighted by Gasteiger charge is -2.10. The minimum Gasteiger partial charge on any atom is -0.463 e. The van der Waals surface area contributed by atoms with Crippen molar-refractivity contribution in [3.05, 3.63) is 33.9 Å². The van der Waals surface area contributed by atoms with Crippen LogP contribution in [0.25, 0.3) is 0 Å². The highest BCUT2D eigenvalue weighted by atomic mass is 32.2. The van der Waals surface area contributed by atoms with Crippen LogP contribution in [0.1, 0.15) is 10.8 Å². The Hall–Kier alpha value is -1.67. The maximum absolute atomic E-state index is 11.5.